The molecule has 6 rings (SSSR count). The number of aryl methyl sites for hydroxylation is 1. The predicted molar refractivity (Wildman–Crippen MR) is 145 cm³/mol. The van der Waals surface area contributed by atoms with Crippen LogP contribution < -0.4 is 10.2 Å². The highest BCUT2D eigenvalue weighted by Gasteiger charge is 2.27. The van der Waals surface area contributed by atoms with Crippen LogP contribution in [0.15, 0.2) is 30.6 Å². The summed E-state index contributed by atoms with van der Waals surface area (Å²) in [5.41, 5.74) is 5.51. The van der Waals surface area contributed by atoms with E-state index in [9.17, 15) is 5.11 Å². The summed E-state index contributed by atoms with van der Waals surface area (Å²) in [6.07, 6.45) is 7.13. The maximum Gasteiger partial charge on any atom is 0.241 e. The fraction of sp³-hybridized carbons (Fsp3) is 0.481. The fourth-order valence-electron chi connectivity index (χ4n) is 5.58. The van der Waals surface area contributed by atoms with Crippen molar-refractivity contribution in [1.29, 1.82) is 0 Å². The Morgan fingerprint density at radius 2 is 2.03 bits per heavy atom. The number of rotatable bonds is 7. The van der Waals surface area contributed by atoms with E-state index in [4.69, 9.17) is 14.8 Å². The molecule has 0 spiro atoms. The van der Waals surface area contributed by atoms with Crippen LogP contribution in [0.25, 0.3) is 16.6 Å². The van der Waals surface area contributed by atoms with E-state index in [0.29, 0.717) is 18.5 Å². The standard InChI is InChI=1S/C27H33N7O2S/c1-16(15-36-3)30-27-29-12-24-21(11-23(34(24)32-27)18-4-6-20(35)7-5-18)19-8-9-28-26(10-19)33-13-22-25(14-33)37-17(2)31-22/h8-12,16,18,20,35H,4-7,13-15H2,1-3H3,(H,30,32)/t16?,18-,20-. The molecule has 1 aliphatic carbocycles. The molecule has 0 saturated heterocycles. The second-order valence-electron chi connectivity index (χ2n) is 10.2. The number of nitrogens with one attached hydrogen (secondary N) is 1. The number of nitrogens with zero attached hydrogens (tertiary/aromatic N) is 6. The van der Waals surface area contributed by atoms with Crippen molar-refractivity contribution in [2.45, 2.75) is 70.7 Å². The van der Waals surface area contributed by atoms with Gasteiger partial charge in [-0.25, -0.2) is 19.5 Å². The first kappa shape index (κ1) is 24.3. The van der Waals surface area contributed by atoms with Gasteiger partial charge in [-0.05, 0) is 63.3 Å². The van der Waals surface area contributed by atoms with Crippen molar-refractivity contribution in [3.63, 3.8) is 0 Å². The lowest BCUT2D eigenvalue weighted by Crippen LogP contribution is -2.23. The summed E-state index contributed by atoms with van der Waals surface area (Å²) < 4.78 is 7.32. The second-order valence-corrected chi connectivity index (χ2v) is 11.5. The first-order valence-corrected chi connectivity index (χ1v) is 13.8. The minimum Gasteiger partial charge on any atom is -0.393 e. The highest BCUT2D eigenvalue weighted by atomic mass is 32.1. The van der Waals surface area contributed by atoms with Gasteiger partial charge in [0, 0.05) is 41.4 Å². The molecule has 2 aliphatic rings. The van der Waals surface area contributed by atoms with Crippen molar-refractivity contribution in [2.24, 2.45) is 0 Å². The Kier molecular flexibility index (Phi) is 6.56. The molecule has 0 bridgehead atoms. The van der Waals surface area contributed by atoms with Gasteiger partial charge in [-0.3, -0.25) is 0 Å². The van der Waals surface area contributed by atoms with E-state index in [1.54, 1.807) is 18.4 Å². The molecule has 1 saturated carbocycles. The van der Waals surface area contributed by atoms with Gasteiger partial charge < -0.3 is 20.1 Å². The number of aliphatic hydroxyl groups is 1. The minimum atomic E-state index is -0.201. The molecule has 4 aromatic heterocycles. The summed E-state index contributed by atoms with van der Waals surface area (Å²) in [5.74, 6) is 1.88. The lowest BCUT2D eigenvalue weighted by Gasteiger charge is -2.25. The lowest BCUT2D eigenvalue weighted by molar-refractivity contribution is 0.121. The smallest absolute Gasteiger partial charge is 0.241 e. The van der Waals surface area contributed by atoms with Crippen molar-refractivity contribution in [2.75, 3.05) is 23.9 Å². The molecule has 10 heteroatoms. The van der Waals surface area contributed by atoms with E-state index in [0.717, 1.165) is 66.2 Å². The minimum absolute atomic E-state index is 0.0931. The summed E-state index contributed by atoms with van der Waals surface area (Å²) in [6.45, 7) is 6.33. The number of ether oxygens (including phenoxy) is 1. The maximum atomic E-state index is 10.1. The number of thiazole rings is 1. The molecule has 1 aliphatic heterocycles. The number of fused-ring (bicyclic) bond motifs is 2. The average Bonchev–Trinajstić information content (AvgIpc) is 3.56. The topological polar surface area (TPSA) is 101 Å². The molecule has 4 aromatic rings. The van der Waals surface area contributed by atoms with Gasteiger partial charge in [0.1, 0.15) is 5.82 Å². The fourth-order valence-corrected chi connectivity index (χ4v) is 6.54. The van der Waals surface area contributed by atoms with Crippen LogP contribution in [-0.4, -0.2) is 55.5 Å². The van der Waals surface area contributed by atoms with Gasteiger partial charge in [0.25, 0.3) is 0 Å². The summed E-state index contributed by atoms with van der Waals surface area (Å²) in [6, 6.07) is 6.59. The maximum absolute atomic E-state index is 10.1. The normalized spacial score (nSPS) is 20.4. The highest BCUT2D eigenvalue weighted by Crippen LogP contribution is 2.39. The van der Waals surface area contributed by atoms with E-state index < -0.39 is 0 Å². The van der Waals surface area contributed by atoms with E-state index in [-0.39, 0.29) is 12.1 Å². The van der Waals surface area contributed by atoms with Gasteiger partial charge >= 0.3 is 0 Å². The van der Waals surface area contributed by atoms with Crippen LogP contribution in [0.5, 0.6) is 0 Å². The summed E-state index contributed by atoms with van der Waals surface area (Å²) in [4.78, 5) is 17.6. The summed E-state index contributed by atoms with van der Waals surface area (Å²) in [5, 5.41) is 19.5. The van der Waals surface area contributed by atoms with E-state index in [1.807, 2.05) is 23.8 Å². The average molecular weight is 520 g/mol. The number of hydrogen-bond acceptors (Lipinski definition) is 9. The third kappa shape index (κ3) is 4.81. The van der Waals surface area contributed by atoms with Crippen LogP contribution in [0.4, 0.5) is 11.8 Å². The number of pyridine rings is 1. The van der Waals surface area contributed by atoms with Crippen LogP contribution in [0.3, 0.4) is 0 Å². The van der Waals surface area contributed by atoms with E-state index >= 15 is 0 Å². The van der Waals surface area contributed by atoms with Crippen molar-refractivity contribution in [3.05, 3.63) is 51.9 Å². The summed E-state index contributed by atoms with van der Waals surface area (Å²) in [7, 11) is 1.69. The molecule has 0 aromatic carbocycles. The number of aliphatic hydroxyl groups excluding tert-OH is 1. The molecule has 0 amide bonds. The molecule has 5 heterocycles. The largest absolute Gasteiger partial charge is 0.393 e. The van der Waals surface area contributed by atoms with Crippen LogP contribution in [0.1, 0.15) is 59.8 Å². The van der Waals surface area contributed by atoms with Gasteiger partial charge in [-0.2, -0.15) is 0 Å². The molecule has 1 unspecified atom stereocenters. The quantitative estimate of drug-likeness (QED) is 0.367. The van der Waals surface area contributed by atoms with E-state index in [1.165, 1.54) is 16.3 Å². The van der Waals surface area contributed by atoms with Crippen LogP contribution in [-0.2, 0) is 17.8 Å². The van der Waals surface area contributed by atoms with Crippen molar-refractivity contribution in [3.8, 4) is 11.1 Å². The van der Waals surface area contributed by atoms with E-state index in [2.05, 4.69) is 45.3 Å². The third-order valence-electron chi connectivity index (χ3n) is 7.39. The molecule has 9 nitrogen and oxygen atoms in total. The molecular weight excluding hydrogens is 486 g/mol. The van der Waals surface area contributed by atoms with Crippen molar-refractivity contribution >= 4 is 28.6 Å². The Labute approximate surface area is 220 Å². The first-order valence-electron chi connectivity index (χ1n) is 13.0. The molecule has 37 heavy (non-hydrogen) atoms. The Hall–Kier alpha value is -3.08. The molecule has 1 atom stereocenters. The lowest BCUT2D eigenvalue weighted by atomic mass is 9.85. The Morgan fingerprint density at radius 1 is 1.19 bits per heavy atom. The van der Waals surface area contributed by atoms with Crippen LogP contribution >= 0.6 is 11.3 Å². The number of aromatic nitrogens is 5. The Morgan fingerprint density at radius 3 is 2.81 bits per heavy atom. The monoisotopic (exact) mass is 519 g/mol. The van der Waals surface area contributed by atoms with Gasteiger partial charge in [0.15, 0.2) is 0 Å². The highest BCUT2D eigenvalue weighted by molar-refractivity contribution is 7.11. The van der Waals surface area contributed by atoms with Gasteiger partial charge in [0.05, 0.1) is 48.2 Å². The first-order chi connectivity index (χ1) is 18.0. The zero-order chi connectivity index (χ0) is 25.5. The van der Waals surface area contributed by atoms with Crippen LogP contribution in [0, 0.1) is 6.92 Å². The molecular formula is C27H33N7O2S. The van der Waals surface area contributed by atoms with Crippen molar-refractivity contribution < 1.29 is 9.84 Å². The third-order valence-corrected chi connectivity index (χ3v) is 8.39. The number of anilines is 2. The number of methoxy groups -OCH3 is 1. The number of hydrogen-bond donors (Lipinski definition) is 2. The van der Waals surface area contributed by atoms with Crippen LogP contribution in [0.2, 0.25) is 0 Å². The second kappa shape index (κ2) is 10.00. The van der Waals surface area contributed by atoms with Gasteiger partial charge in [0.2, 0.25) is 5.95 Å². The molecule has 0 radical (unpaired) electrons. The zero-order valence-corrected chi connectivity index (χ0v) is 22.3. The molecule has 1 fully saturated rings. The molecule has 2 N–H and O–H groups in total. The van der Waals surface area contributed by atoms with Gasteiger partial charge in [-0.15, -0.1) is 16.4 Å². The van der Waals surface area contributed by atoms with Gasteiger partial charge in [-0.1, -0.05) is 0 Å². The molecule has 194 valence electrons. The zero-order valence-electron chi connectivity index (χ0n) is 21.5. The Balaban J connectivity index is 1.36. The Bertz CT molecular complexity index is 1390. The predicted octanol–water partition coefficient (Wildman–Crippen LogP) is 4.54. The SMILES string of the molecule is COCC(C)Nc1ncc2c(-c3ccnc(N4Cc5nc(C)sc5C4)c3)cc([C@H]3CC[C@H](O)CC3)n2n1. The summed E-state index contributed by atoms with van der Waals surface area (Å²) >= 11 is 1.77. The van der Waals surface area contributed by atoms with Crippen molar-refractivity contribution in [1.82, 2.24) is 24.6 Å².